The molecule has 1 N–H and O–H groups in total. The summed E-state index contributed by atoms with van der Waals surface area (Å²) in [5.74, 6) is -0.476. The highest BCUT2D eigenvalue weighted by Gasteiger charge is 2.43. The lowest BCUT2D eigenvalue weighted by atomic mass is 10.0. The molecule has 8 heteroatoms. The molecule has 2 heterocycles. The van der Waals surface area contributed by atoms with E-state index in [2.05, 4.69) is 0 Å². The lowest BCUT2D eigenvalue weighted by Crippen LogP contribution is -2.34. The highest BCUT2D eigenvalue weighted by molar-refractivity contribution is 5.97. The van der Waals surface area contributed by atoms with Gasteiger partial charge < -0.3 is 33.5 Å². The van der Waals surface area contributed by atoms with Gasteiger partial charge in [-0.25, -0.2) is 4.79 Å². The van der Waals surface area contributed by atoms with Gasteiger partial charge in [-0.2, -0.15) is 0 Å². The third kappa shape index (κ3) is 5.86. The van der Waals surface area contributed by atoms with Gasteiger partial charge in [-0.05, 0) is 38.3 Å². The molecule has 0 aliphatic carbocycles. The Balaban J connectivity index is 1.98. The number of methoxy groups -OCH3 is 2. The van der Waals surface area contributed by atoms with E-state index in [1.165, 1.54) is 14.2 Å². The second-order valence-electron chi connectivity index (χ2n) is 7.76. The molecule has 0 aromatic heterocycles. The van der Waals surface area contributed by atoms with E-state index in [4.69, 9.17) is 28.4 Å². The largest absolute Gasteiger partial charge is 0.497 e. The molecule has 1 saturated heterocycles. The van der Waals surface area contributed by atoms with Gasteiger partial charge in [-0.3, -0.25) is 0 Å². The van der Waals surface area contributed by atoms with Crippen LogP contribution in [0.25, 0.3) is 6.08 Å². The molecule has 3 rings (SSSR count). The fourth-order valence-electron chi connectivity index (χ4n) is 3.62. The molecule has 8 nitrogen and oxygen atoms in total. The maximum Gasteiger partial charge on any atom is 0.342 e. The first-order valence-electron chi connectivity index (χ1n) is 10.2. The molecule has 0 saturated carbocycles. The monoisotopic (exact) mass is 434 g/mol. The van der Waals surface area contributed by atoms with Gasteiger partial charge in [0.1, 0.15) is 29.3 Å². The van der Waals surface area contributed by atoms with Crippen molar-refractivity contribution in [3.8, 4) is 11.5 Å². The van der Waals surface area contributed by atoms with Crippen LogP contribution >= 0.6 is 0 Å². The van der Waals surface area contributed by atoms with Crippen molar-refractivity contribution in [1.82, 2.24) is 0 Å². The third-order valence-corrected chi connectivity index (χ3v) is 4.95. The number of carbonyl (C=O) groups is 1. The maximum absolute atomic E-state index is 12.9. The first kappa shape index (κ1) is 23.3. The van der Waals surface area contributed by atoms with Crippen molar-refractivity contribution in [2.75, 3.05) is 27.6 Å². The standard InChI is InChI=1S/C23H30O8/c1-23(2)30-18-10-7-8-15-12-16(27-4)13-19(29-14-26-3)20(15)22(25)28-11-6-5-9-17(24)21(18)31-23/h5,7-9,12-13,17-18,21,24H,6,10-11,14H2,1-4H3. The summed E-state index contributed by atoms with van der Waals surface area (Å²) < 4.78 is 33.3. The van der Waals surface area contributed by atoms with Crippen LogP contribution in [0.1, 0.15) is 42.6 Å². The maximum atomic E-state index is 12.9. The number of aliphatic hydroxyl groups excluding tert-OH is 1. The molecule has 31 heavy (non-hydrogen) atoms. The highest BCUT2D eigenvalue weighted by atomic mass is 16.8. The lowest BCUT2D eigenvalue weighted by molar-refractivity contribution is -0.152. The van der Waals surface area contributed by atoms with Crippen molar-refractivity contribution in [1.29, 1.82) is 0 Å². The van der Waals surface area contributed by atoms with Crippen LogP contribution in [0.2, 0.25) is 0 Å². The van der Waals surface area contributed by atoms with E-state index in [1.807, 2.05) is 19.9 Å². The molecule has 3 atom stereocenters. The van der Waals surface area contributed by atoms with Crippen LogP contribution in [0.4, 0.5) is 0 Å². The molecule has 0 radical (unpaired) electrons. The van der Waals surface area contributed by atoms with Crippen molar-refractivity contribution < 1.29 is 38.3 Å². The summed E-state index contributed by atoms with van der Waals surface area (Å²) in [6.45, 7) is 3.76. The number of esters is 1. The number of hydrogen-bond donors (Lipinski definition) is 1. The second kappa shape index (κ2) is 10.3. The quantitative estimate of drug-likeness (QED) is 0.439. The summed E-state index contributed by atoms with van der Waals surface area (Å²) in [5, 5.41) is 10.5. The fourth-order valence-corrected chi connectivity index (χ4v) is 3.62. The van der Waals surface area contributed by atoms with Gasteiger partial charge in [-0.1, -0.05) is 24.3 Å². The molecular formula is C23H30O8. The van der Waals surface area contributed by atoms with E-state index >= 15 is 0 Å². The number of rotatable bonds is 4. The van der Waals surface area contributed by atoms with Crippen molar-refractivity contribution in [2.24, 2.45) is 0 Å². The Hall–Kier alpha value is -2.39. The first-order valence-corrected chi connectivity index (χ1v) is 10.2. The number of aliphatic hydroxyl groups is 1. The van der Waals surface area contributed by atoms with Crippen LogP contribution in [-0.2, 0) is 18.9 Å². The fraction of sp³-hybridized carbons (Fsp3) is 0.522. The van der Waals surface area contributed by atoms with E-state index in [9.17, 15) is 9.90 Å². The zero-order valence-electron chi connectivity index (χ0n) is 18.3. The highest BCUT2D eigenvalue weighted by Crippen LogP contribution is 2.34. The second-order valence-corrected chi connectivity index (χ2v) is 7.76. The summed E-state index contributed by atoms with van der Waals surface area (Å²) in [6, 6.07) is 3.36. The average molecular weight is 434 g/mol. The summed E-state index contributed by atoms with van der Waals surface area (Å²) in [5.41, 5.74) is 0.869. The van der Waals surface area contributed by atoms with Crippen molar-refractivity contribution in [3.05, 3.63) is 41.5 Å². The minimum atomic E-state index is -0.833. The van der Waals surface area contributed by atoms with Gasteiger partial charge in [-0.15, -0.1) is 0 Å². The zero-order chi connectivity index (χ0) is 22.4. The molecule has 3 unspecified atom stereocenters. The lowest BCUT2D eigenvalue weighted by Gasteiger charge is -2.20. The van der Waals surface area contributed by atoms with Crippen LogP contribution < -0.4 is 9.47 Å². The average Bonchev–Trinajstić information content (AvgIpc) is 3.05. The molecule has 2 aliphatic rings. The predicted octanol–water partition coefficient (Wildman–Crippen LogP) is 3.08. The molecular weight excluding hydrogens is 404 g/mol. The van der Waals surface area contributed by atoms with Crippen LogP contribution in [0.15, 0.2) is 30.4 Å². The molecule has 1 aromatic carbocycles. The van der Waals surface area contributed by atoms with E-state index in [0.717, 1.165) is 0 Å². The van der Waals surface area contributed by atoms with Crippen molar-refractivity contribution in [2.45, 2.75) is 50.8 Å². The Morgan fingerprint density at radius 2 is 2.00 bits per heavy atom. The number of carbonyl (C=O) groups excluding carboxylic acids is 1. The van der Waals surface area contributed by atoms with E-state index < -0.39 is 24.0 Å². The molecule has 0 spiro atoms. The minimum Gasteiger partial charge on any atom is -0.497 e. The van der Waals surface area contributed by atoms with Gasteiger partial charge in [0, 0.05) is 13.2 Å². The Bertz CT molecular complexity index is 829. The number of cyclic esters (lactones) is 1. The SMILES string of the molecule is COCOc1cc(OC)cc2c1C(=O)OCCC=CC(O)C1OC(C)(C)OC1CC=C2. The molecule has 1 aromatic rings. The Morgan fingerprint density at radius 3 is 2.74 bits per heavy atom. The van der Waals surface area contributed by atoms with Crippen LogP contribution in [0.3, 0.4) is 0 Å². The number of benzene rings is 1. The van der Waals surface area contributed by atoms with Gasteiger partial charge in [0.05, 0.1) is 19.8 Å². The first-order chi connectivity index (χ1) is 14.8. The smallest absolute Gasteiger partial charge is 0.342 e. The molecule has 0 amide bonds. The van der Waals surface area contributed by atoms with Crippen molar-refractivity contribution >= 4 is 12.0 Å². The normalized spacial score (nSPS) is 25.8. The number of hydrogen-bond acceptors (Lipinski definition) is 8. The van der Waals surface area contributed by atoms with Crippen molar-refractivity contribution in [3.63, 3.8) is 0 Å². The van der Waals surface area contributed by atoms with E-state index in [-0.39, 0.29) is 25.1 Å². The third-order valence-electron chi connectivity index (χ3n) is 4.95. The zero-order valence-corrected chi connectivity index (χ0v) is 18.3. The molecule has 1 fully saturated rings. The van der Waals surface area contributed by atoms with Crippen LogP contribution in [-0.4, -0.2) is 62.8 Å². The minimum absolute atomic E-state index is 0.0265. The molecule has 2 aliphatic heterocycles. The van der Waals surface area contributed by atoms with Gasteiger partial charge in [0.2, 0.25) is 0 Å². The van der Waals surface area contributed by atoms with E-state index in [1.54, 1.807) is 30.4 Å². The summed E-state index contributed by atoms with van der Waals surface area (Å²) >= 11 is 0. The topological polar surface area (TPSA) is 92.7 Å². The Kier molecular flexibility index (Phi) is 7.72. The van der Waals surface area contributed by atoms with Crippen LogP contribution in [0, 0.1) is 0 Å². The van der Waals surface area contributed by atoms with Crippen LogP contribution in [0.5, 0.6) is 11.5 Å². The number of fused-ring (bicyclic) bond motifs is 2. The number of ether oxygens (including phenoxy) is 6. The van der Waals surface area contributed by atoms with Gasteiger partial charge in [0.25, 0.3) is 0 Å². The molecule has 0 bridgehead atoms. The van der Waals surface area contributed by atoms with E-state index in [0.29, 0.717) is 29.9 Å². The summed E-state index contributed by atoms with van der Waals surface area (Å²) in [7, 11) is 3.04. The summed E-state index contributed by atoms with van der Waals surface area (Å²) in [4.78, 5) is 12.9. The Labute approximate surface area is 182 Å². The summed E-state index contributed by atoms with van der Waals surface area (Å²) in [6.07, 6.45) is 6.31. The Morgan fingerprint density at radius 1 is 1.19 bits per heavy atom. The predicted molar refractivity (Wildman–Crippen MR) is 113 cm³/mol. The van der Waals surface area contributed by atoms with Gasteiger partial charge >= 0.3 is 5.97 Å². The van der Waals surface area contributed by atoms with Gasteiger partial charge in [0.15, 0.2) is 12.6 Å². The molecule has 170 valence electrons.